The molecule has 24 heavy (non-hydrogen) atoms. The molecule has 132 valence electrons. The predicted molar refractivity (Wildman–Crippen MR) is 99.6 cm³/mol. The van der Waals surface area contributed by atoms with Crippen molar-refractivity contribution in [3.05, 3.63) is 35.9 Å². The smallest absolute Gasteiger partial charge is 0.251 e. The number of benzene rings is 1. The lowest BCUT2D eigenvalue weighted by atomic mass is 9.97. The number of likely N-dealkylation sites (tertiary alicyclic amines) is 1. The van der Waals surface area contributed by atoms with Crippen molar-refractivity contribution in [2.24, 2.45) is 5.92 Å². The highest BCUT2D eigenvalue weighted by Crippen LogP contribution is 2.19. The Bertz CT molecular complexity index is 552. The van der Waals surface area contributed by atoms with E-state index in [0.29, 0.717) is 18.0 Å². The molecule has 1 aromatic carbocycles. The van der Waals surface area contributed by atoms with Gasteiger partial charge in [-0.05, 0) is 30.9 Å². The number of rotatable bonds is 4. The van der Waals surface area contributed by atoms with Crippen molar-refractivity contribution in [1.82, 2.24) is 15.5 Å². The molecule has 2 heterocycles. The number of carbonyl (C=O) groups excluding carboxylic acids is 2. The largest absolute Gasteiger partial charge is 0.352 e. The number of amides is 2. The molecule has 0 saturated carbocycles. The molecule has 3 rings (SSSR count). The fraction of sp³-hybridized carbons (Fsp3) is 0.529. The van der Waals surface area contributed by atoms with Gasteiger partial charge in [0.2, 0.25) is 5.91 Å². The first-order valence-corrected chi connectivity index (χ1v) is 9.32. The zero-order valence-corrected chi connectivity index (χ0v) is 15.2. The fourth-order valence-corrected chi connectivity index (χ4v) is 4.07. The number of hydrogen-bond donors (Lipinski definition) is 2. The van der Waals surface area contributed by atoms with Gasteiger partial charge in [-0.3, -0.25) is 14.9 Å². The number of thioether (sulfide) groups is 1. The topological polar surface area (TPSA) is 61.4 Å². The molecule has 2 unspecified atom stereocenters. The third-order valence-corrected chi connectivity index (χ3v) is 5.37. The van der Waals surface area contributed by atoms with E-state index >= 15 is 0 Å². The second kappa shape index (κ2) is 9.30. The van der Waals surface area contributed by atoms with E-state index < -0.39 is 0 Å². The summed E-state index contributed by atoms with van der Waals surface area (Å²) in [7, 11) is 0. The Morgan fingerprint density at radius 1 is 1.29 bits per heavy atom. The van der Waals surface area contributed by atoms with Crippen LogP contribution in [0.4, 0.5) is 0 Å². The zero-order chi connectivity index (χ0) is 16.1. The first kappa shape index (κ1) is 19.1. The van der Waals surface area contributed by atoms with Gasteiger partial charge < -0.3 is 10.2 Å². The molecular weight excluding hydrogens is 346 g/mol. The standard InChI is InChI=1S/C17H23N3O2S.ClH/c21-16(14-6-2-1-3-7-14)18-9-13-5-4-8-20(10-13)17(22)15-11-23-12-19-15;/h1-3,6-7,13,15,19H,4-5,8-12H2,(H,18,21);1H. The van der Waals surface area contributed by atoms with Crippen molar-refractivity contribution in [3.63, 3.8) is 0 Å². The van der Waals surface area contributed by atoms with Gasteiger partial charge in [-0.25, -0.2) is 0 Å². The van der Waals surface area contributed by atoms with Gasteiger partial charge in [-0.1, -0.05) is 18.2 Å². The normalized spacial score (nSPS) is 23.4. The minimum absolute atomic E-state index is 0. The highest BCUT2D eigenvalue weighted by Gasteiger charge is 2.30. The lowest BCUT2D eigenvalue weighted by Gasteiger charge is -2.34. The number of piperidine rings is 1. The predicted octanol–water partition coefficient (Wildman–Crippen LogP) is 1.74. The lowest BCUT2D eigenvalue weighted by Crippen LogP contribution is -2.50. The maximum atomic E-state index is 12.5. The molecule has 0 aromatic heterocycles. The molecule has 2 atom stereocenters. The van der Waals surface area contributed by atoms with E-state index in [9.17, 15) is 9.59 Å². The van der Waals surface area contributed by atoms with Crippen molar-refractivity contribution < 1.29 is 9.59 Å². The lowest BCUT2D eigenvalue weighted by molar-refractivity contribution is -0.134. The molecule has 2 fully saturated rings. The van der Waals surface area contributed by atoms with Crippen LogP contribution in [0.25, 0.3) is 0 Å². The third kappa shape index (κ3) is 4.88. The van der Waals surface area contributed by atoms with Gasteiger partial charge in [0.1, 0.15) is 0 Å². The Labute approximate surface area is 153 Å². The summed E-state index contributed by atoms with van der Waals surface area (Å²) >= 11 is 1.77. The molecule has 5 nitrogen and oxygen atoms in total. The van der Waals surface area contributed by atoms with Crippen molar-refractivity contribution in [2.45, 2.75) is 18.9 Å². The quantitative estimate of drug-likeness (QED) is 0.848. The maximum absolute atomic E-state index is 12.5. The molecule has 1 aromatic rings. The van der Waals surface area contributed by atoms with E-state index in [4.69, 9.17) is 0 Å². The molecule has 2 N–H and O–H groups in total. The van der Waals surface area contributed by atoms with Crippen molar-refractivity contribution >= 4 is 36.0 Å². The minimum Gasteiger partial charge on any atom is -0.352 e. The summed E-state index contributed by atoms with van der Waals surface area (Å²) in [6.45, 7) is 2.21. The molecule has 2 aliphatic heterocycles. The maximum Gasteiger partial charge on any atom is 0.251 e. The summed E-state index contributed by atoms with van der Waals surface area (Å²) in [5.41, 5.74) is 0.684. The molecule has 2 amide bonds. The van der Waals surface area contributed by atoms with Crippen molar-refractivity contribution in [2.75, 3.05) is 31.3 Å². The molecule has 7 heteroatoms. The van der Waals surface area contributed by atoms with Gasteiger partial charge in [0.15, 0.2) is 0 Å². The number of halogens is 1. The summed E-state index contributed by atoms with van der Waals surface area (Å²) < 4.78 is 0. The first-order chi connectivity index (χ1) is 11.2. The van der Waals surface area contributed by atoms with Gasteiger partial charge in [-0.15, -0.1) is 24.2 Å². The Morgan fingerprint density at radius 3 is 2.79 bits per heavy atom. The summed E-state index contributed by atoms with van der Waals surface area (Å²) in [4.78, 5) is 26.5. The van der Waals surface area contributed by atoms with E-state index in [0.717, 1.165) is 37.6 Å². The van der Waals surface area contributed by atoms with Crippen LogP contribution in [0.15, 0.2) is 30.3 Å². The number of nitrogens with one attached hydrogen (secondary N) is 2. The van der Waals surface area contributed by atoms with Gasteiger partial charge >= 0.3 is 0 Å². The van der Waals surface area contributed by atoms with Gasteiger partial charge in [0, 0.05) is 36.8 Å². The Balaban J connectivity index is 0.00000208. The van der Waals surface area contributed by atoms with E-state index in [2.05, 4.69) is 10.6 Å². The number of carbonyl (C=O) groups is 2. The Kier molecular flexibility index (Phi) is 7.40. The summed E-state index contributed by atoms with van der Waals surface area (Å²) in [6, 6.07) is 9.23. The summed E-state index contributed by atoms with van der Waals surface area (Å²) in [5, 5.41) is 6.24. The van der Waals surface area contributed by atoms with E-state index in [1.54, 1.807) is 11.8 Å². The molecule has 0 spiro atoms. The summed E-state index contributed by atoms with van der Waals surface area (Å²) in [5.74, 6) is 2.25. The number of hydrogen-bond acceptors (Lipinski definition) is 4. The van der Waals surface area contributed by atoms with Gasteiger partial charge in [-0.2, -0.15) is 0 Å². The van der Waals surface area contributed by atoms with Crippen LogP contribution in [-0.2, 0) is 4.79 Å². The highest BCUT2D eigenvalue weighted by molar-refractivity contribution is 7.99. The van der Waals surface area contributed by atoms with E-state index in [-0.39, 0.29) is 30.3 Å². The Morgan fingerprint density at radius 2 is 2.08 bits per heavy atom. The van der Waals surface area contributed by atoms with Crippen LogP contribution in [0.1, 0.15) is 23.2 Å². The van der Waals surface area contributed by atoms with E-state index in [1.165, 1.54) is 0 Å². The highest BCUT2D eigenvalue weighted by atomic mass is 35.5. The van der Waals surface area contributed by atoms with Gasteiger partial charge in [0.25, 0.3) is 5.91 Å². The van der Waals surface area contributed by atoms with Crippen LogP contribution in [0, 0.1) is 5.92 Å². The fourth-order valence-electron chi connectivity index (χ4n) is 3.13. The minimum atomic E-state index is -0.0390. The Hall–Kier alpha value is -1.24. The van der Waals surface area contributed by atoms with E-state index in [1.807, 2.05) is 35.2 Å². The third-order valence-electron chi connectivity index (χ3n) is 4.43. The molecule has 0 bridgehead atoms. The molecule has 2 saturated heterocycles. The van der Waals surface area contributed by atoms with Crippen LogP contribution in [0.5, 0.6) is 0 Å². The second-order valence-corrected chi connectivity index (χ2v) is 7.17. The molecule has 0 radical (unpaired) electrons. The van der Waals surface area contributed by atoms with Crippen molar-refractivity contribution in [3.8, 4) is 0 Å². The summed E-state index contributed by atoms with van der Waals surface area (Å²) in [6.07, 6.45) is 2.07. The molecule has 2 aliphatic rings. The zero-order valence-electron chi connectivity index (χ0n) is 13.6. The monoisotopic (exact) mass is 369 g/mol. The SMILES string of the molecule is Cl.O=C(NCC1CCCN(C(=O)C2CSCN2)C1)c1ccccc1. The molecular formula is C17H24ClN3O2S. The van der Waals surface area contributed by atoms with Crippen LogP contribution < -0.4 is 10.6 Å². The van der Waals surface area contributed by atoms with Crippen molar-refractivity contribution in [1.29, 1.82) is 0 Å². The molecule has 0 aliphatic carbocycles. The second-order valence-electron chi connectivity index (χ2n) is 6.14. The first-order valence-electron chi connectivity index (χ1n) is 8.17. The van der Waals surface area contributed by atoms with Crippen LogP contribution in [-0.4, -0.2) is 54.0 Å². The van der Waals surface area contributed by atoms with Crippen LogP contribution in [0.2, 0.25) is 0 Å². The van der Waals surface area contributed by atoms with Gasteiger partial charge in [0.05, 0.1) is 6.04 Å². The number of nitrogens with zero attached hydrogens (tertiary/aromatic N) is 1. The average molecular weight is 370 g/mol. The van der Waals surface area contributed by atoms with Crippen LogP contribution in [0.3, 0.4) is 0 Å². The average Bonchev–Trinajstić information content (AvgIpc) is 3.14. The van der Waals surface area contributed by atoms with Crippen LogP contribution >= 0.6 is 24.2 Å².